The van der Waals surface area contributed by atoms with E-state index in [1.54, 1.807) is 7.05 Å². The van der Waals surface area contributed by atoms with Crippen molar-refractivity contribution in [3.05, 3.63) is 18.0 Å². The van der Waals surface area contributed by atoms with Crippen LogP contribution in [-0.2, 0) is 15.7 Å². The molecule has 0 aliphatic carbocycles. The van der Waals surface area contributed by atoms with Crippen molar-refractivity contribution in [1.29, 1.82) is 0 Å². The first-order valence-corrected chi connectivity index (χ1v) is 8.69. The Kier molecular flexibility index (Phi) is 10.7. The summed E-state index contributed by atoms with van der Waals surface area (Å²) in [5.74, 6) is 0.496. The standard InChI is InChI=1S/C16H25F3N6O2.HI/c1-11(9-27-12-4-8-26-10-12)24-14(20-2)22-6-7-23-15-21-5-3-13(25-15)16(17,18)19;/h3,5,11-12H,4,6-10H2,1-2H3,(H2,20,22,24)(H,21,23,25);1H. The Bertz CT molecular complexity index is 614. The van der Waals surface area contributed by atoms with Gasteiger partial charge < -0.3 is 25.4 Å². The van der Waals surface area contributed by atoms with Gasteiger partial charge in [-0.05, 0) is 19.4 Å². The molecular weight excluding hydrogens is 492 g/mol. The zero-order chi connectivity index (χ0) is 19.7. The van der Waals surface area contributed by atoms with Crippen LogP contribution in [0.1, 0.15) is 19.0 Å². The zero-order valence-electron chi connectivity index (χ0n) is 15.8. The summed E-state index contributed by atoms with van der Waals surface area (Å²) in [5.41, 5.74) is -0.980. The summed E-state index contributed by atoms with van der Waals surface area (Å²) in [6.45, 7) is 4.60. The number of nitrogens with one attached hydrogen (secondary N) is 3. The Labute approximate surface area is 179 Å². The van der Waals surface area contributed by atoms with E-state index < -0.39 is 11.9 Å². The van der Waals surface area contributed by atoms with Gasteiger partial charge in [-0.3, -0.25) is 4.99 Å². The molecule has 0 saturated carbocycles. The predicted molar refractivity (Wildman–Crippen MR) is 110 cm³/mol. The van der Waals surface area contributed by atoms with Gasteiger partial charge in [0.05, 0.1) is 19.3 Å². The first kappa shape index (κ1) is 24.6. The van der Waals surface area contributed by atoms with Gasteiger partial charge in [0.15, 0.2) is 5.96 Å². The van der Waals surface area contributed by atoms with E-state index >= 15 is 0 Å². The molecule has 2 atom stereocenters. The number of hydrogen-bond acceptors (Lipinski definition) is 6. The van der Waals surface area contributed by atoms with E-state index in [4.69, 9.17) is 9.47 Å². The van der Waals surface area contributed by atoms with Crippen LogP contribution < -0.4 is 16.0 Å². The van der Waals surface area contributed by atoms with Gasteiger partial charge in [-0.25, -0.2) is 9.97 Å². The average Bonchev–Trinajstić information content (AvgIpc) is 3.15. The zero-order valence-corrected chi connectivity index (χ0v) is 18.1. The fourth-order valence-electron chi connectivity index (χ4n) is 2.35. The molecule has 3 N–H and O–H groups in total. The van der Waals surface area contributed by atoms with E-state index in [1.807, 2.05) is 6.92 Å². The fraction of sp³-hybridized carbons (Fsp3) is 0.688. The topological polar surface area (TPSA) is 92.7 Å². The molecule has 1 saturated heterocycles. The lowest BCUT2D eigenvalue weighted by Crippen LogP contribution is -2.45. The SMILES string of the molecule is CN=C(NCCNc1nccc(C(F)(F)F)n1)NC(C)COC1CCOC1.I. The minimum Gasteiger partial charge on any atom is -0.379 e. The minimum absolute atomic E-state index is 0. The van der Waals surface area contributed by atoms with Crippen LogP contribution in [0, 0.1) is 0 Å². The number of nitrogens with zero attached hydrogens (tertiary/aromatic N) is 3. The van der Waals surface area contributed by atoms with E-state index in [0.29, 0.717) is 32.3 Å². The second-order valence-electron chi connectivity index (χ2n) is 6.05. The number of guanidine groups is 1. The quantitative estimate of drug-likeness (QED) is 0.210. The maximum Gasteiger partial charge on any atom is 0.433 e. The first-order chi connectivity index (χ1) is 12.9. The predicted octanol–water partition coefficient (Wildman–Crippen LogP) is 1.88. The Morgan fingerprint density at radius 2 is 2.21 bits per heavy atom. The van der Waals surface area contributed by atoms with Crippen LogP contribution in [0.5, 0.6) is 0 Å². The number of anilines is 1. The highest BCUT2D eigenvalue weighted by Gasteiger charge is 2.32. The number of aromatic nitrogens is 2. The third kappa shape index (κ3) is 8.73. The highest BCUT2D eigenvalue weighted by molar-refractivity contribution is 14.0. The molecule has 160 valence electrons. The van der Waals surface area contributed by atoms with Gasteiger partial charge in [-0.2, -0.15) is 13.2 Å². The maximum absolute atomic E-state index is 12.6. The number of rotatable bonds is 8. The molecule has 0 radical (unpaired) electrons. The summed E-state index contributed by atoms with van der Waals surface area (Å²) >= 11 is 0. The molecule has 2 heterocycles. The van der Waals surface area contributed by atoms with Crippen LogP contribution in [0.4, 0.5) is 19.1 Å². The Hall–Kier alpha value is -1.41. The van der Waals surface area contributed by atoms with Crippen LogP contribution in [0.3, 0.4) is 0 Å². The van der Waals surface area contributed by atoms with Crippen LogP contribution in [0.25, 0.3) is 0 Å². The van der Waals surface area contributed by atoms with E-state index in [1.165, 1.54) is 0 Å². The van der Waals surface area contributed by atoms with Crippen molar-refractivity contribution in [2.24, 2.45) is 4.99 Å². The van der Waals surface area contributed by atoms with Gasteiger partial charge in [0.1, 0.15) is 5.69 Å². The Morgan fingerprint density at radius 3 is 2.86 bits per heavy atom. The van der Waals surface area contributed by atoms with Crippen molar-refractivity contribution < 1.29 is 22.6 Å². The summed E-state index contributed by atoms with van der Waals surface area (Å²) in [5, 5.41) is 8.99. The molecule has 1 aliphatic heterocycles. The van der Waals surface area contributed by atoms with Gasteiger partial charge in [-0.1, -0.05) is 0 Å². The molecule has 8 nitrogen and oxygen atoms in total. The Morgan fingerprint density at radius 1 is 1.43 bits per heavy atom. The van der Waals surface area contributed by atoms with Gasteiger partial charge in [-0.15, -0.1) is 24.0 Å². The Balaban J connectivity index is 0.00000392. The van der Waals surface area contributed by atoms with Gasteiger partial charge in [0.2, 0.25) is 5.95 Å². The van der Waals surface area contributed by atoms with Gasteiger partial charge >= 0.3 is 6.18 Å². The molecule has 1 aromatic rings. The number of halogens is 4. The number of hydrogen-bond donors (Lipinski definition) is 3. The average molecular weight is 518 g/mol. The fourth-order valence-corrected chi connectivity index (χ4v) is 2.35. The van der Waals surface area contributed by atoms with Crippen LogP contribution in [0.15, 0.2) is 17.3 Å². The minimum atomic E-state index is -4.49. The molecule has 2 unspecified atom stereocenters. The summed E-state index contributed by atoms with van der Waals surface area (Å²) in [6, 6.07) is 0.868. The lowest BCUT2D eigenvalue weighted by Gasteiger charge is -2.19. The van der Waals surface area contributed by atoms with E-state index in [0.717, 1.165) is 25.3 Å². The molecule has 0 bridgehead atoms. The molecular formula is C16H26F3IN6O2. The smallest absolute Gasteiger partial charge is 0.379 e. The van der Waals surface area contributed by atoms with Crippen molar-refractivity contribution in [1.82, 2.24) is 20.6 Å². The van der Waals surface area contributed by atoms with Crippen molar-refractivity contribution in [2.45, 2.75) is 31.7 Å². The van der Waals surface area contributed by atoms with Crippen LogP contribution >= 0.6 is 24.0 Å². The number of alkyl halides is 3. The second kappa shape index (κ2) is 12.2. The summed E-state index contributed by atoms with van der Waals surface area (Å²) in [7, 11) is 1.64. The third-order valence-electron chi connectivity index (χ3n) is 3.72. The van der Waals surface area contributed by atoms with Gasteiger partial charge in [0.25, 0.3) is 0 Å². The molecule has 0 spiro atoms. The van der Waals surface area contributed by atoms with Gasteiger partial charge in [0, 0.05) is 39.0 Å². The highest BCUT2D eigenvalue weighted by atomic mass is 127. The summed E-state index contributed by atoms with van der Waals surface area (Å²) in [6.07, 6.45) is -2.38. The normalized spacial score (nSPS) is 18.3. The molecule has 2 rings (SSSR count). The third-order valence-corrected chi connectivity index (χ3v) is 3.72. The highest BCUT2D eigenvalue weighted by Crippen LogP contribution is 2.27. The molecule has 0 amide bonds. The molecule has 1 aromatic heterocycles. The molecule has 12 heteroatoms. The largest absolute Gasteiger partial charge is 0.433 e. The first-order valence-electron chi connectivity index (χ1n) is 8.69. The molecule has 28 heavy (non-hydrogen) atoms. The van der Waals surface area contributed by atoms with Crippen LogP contribution in [-0.4, -0.2) is 68.0 Å². The monoisotopic (exact) mass is 518 g/mol. The van der Waals surface area contributed by atoms with Crippen molar-refractivity contribution in [3.8, 4) is 0 Å². The van der Waals surface area contributed by atoms with E-state index in [9.17, 15) is 13.2 Å². The van der Waals surface area contributed by atoms with Crippen molar-refractivity contribution in [2.75, 3.05) is 45.3 Å². The van der Waals surface area contributed by atoms with Crippen molar-refractivity contribution >= 4 is 35.9 Å². The van der Waals surface area contributed by atoms with Crippen LogP contribution in [0.2, 0.25) is 0 Å². The molecule has 1 aliphatic rings. The van der Waals surface area contributed by atoms with E-state index in [-0.39, 0.29) is 42.1 Å². The van der Waals surface area contributed by atoms with E-state index in [2.05, 4.69) is 30.9 Å². The summed E-state index contributed by atoms with van der Waals surface area (Å²) < 4.78 is 48.9. The summed E-state index contributed by atoms with van der Waals surface area (Å²) in [4.78, 5) is 11.3. The lowest BCUT2D eigenvalue weighted by molar-refractivity contribution is -0.141. The molecule has 1 fully saturated rings. The number of aliphatic imine (C=N–C) groups is 1. The second-order valence-corrected chi connectivity index (χ2v) is 6.05. The lowest BCUT2D eigenvalue weighted by atomic mass is 10.3. The van der Waals surface area contributed by atoms with Crippen molar-refractivity contribution in [3.63, 3.8) is 0 Å². The molecule has 0 aromatic carbocycles. The maximum atomic E-state index is 12.6. The number of ether oxygens (including phenoxy) is 2.